The molecule has 2 aromatic rings. The molecule has 0 aromatic heterocycles. The van der Waals surface area contributed by atoms with Crippen LogP contribution in [0.15, 0.2) is 59.6 Å². The molecule has 1 aliphatic rings. The Hall–Kier alpha value is -2.07. The van der Waals surface area contributed by atoms with Crippen LogP contribution in [0.4, 0.5) is 0 Å². The Kier molecular flexibility index (Phi) is 3.56. The molecule has 0 radical (unpaired) electrons. The molecule has 2 aromatic carbocycles. The van der Waals surface area contributed by atoms with Crippen molar-refractivity contribution in [2.45, 2.75) is 5.37 Å². The predicted molar refractivity (Wildman–Crippen MR) is 84.0 cm³/mol. The molecule has 1 unspecified atom stereocenters. The van der Waals surface area contributed by atoms with Crippen molar-refractivity contribution in [1.29, 1.82) is 0 Å². The Balaban J connectivity index is 1.82. The number of hydrogen-bond donors (Lipinski definition) is 2. The summed E-state index contributed by atoms with van der Waals surface area (Å²) in [5.74, 6) is 0.846. The molecule has 20 heavy (non-hydrogen) atoms. The molecule has 3 N–H and O–H groups in total. The molecule has 4 heteroatoms. The second kappa shape index (κ2) is 5.51. The molecule has 0 aliphatic carbocycles. The lowest BCUT2D eigenvalue weighted by molar-refractivity contribution is 0.415. The highest BCUT2D eigenvalue weighted by Gasteiger charge is 2.24. The van der Waals surface area contributed by atoms with Gasteiger partial charge in [-0.25, -0.2) is 0 Å². The summed E-state index contributed by atoms with van der Waals surface area (Å²) in [6, 6.07) is 18.2. The Morgan fingerprint density at radius 1 is 1.05 bits per heavy atom. The van der Waals surface area contributed by atoms with Crippen molar-refractivity contribution in [1.82, 2.24) is 5.32 Å². The summed E-state index contributed by atoms with van der Waals surface area (Å²) >= 11 is 1.65. The third-order valence-electron chi connectivity index (χ3n) is 3.25. The van der Waals surface area contributed by atoms with Gasteiger partial charge < -0.3 is 15.8 Å². The van der Waals surface area contributed by atoms with Gasteiger partial charge in [-0.3, -0.25) is 0 Å². The zero-order valence-electron chi connectivity index (χ0n) is 11.2. The number of ether oxygens (including phenoxy) is 1. The summed E-state index contributed by atoms with van der Waals surface area (Å²) in [6.07, 6.45) is 0. The van der Waals surface area contributed by atoms with Gasteiger partial charge in [-0.2, -0.15) is 0 Å². The van der Waals surface area contributed by atoms with Crippen LogP contribution in [0.25, 0.3) is 5.70 Å². The zero-order chi connectivity index (χ0) is 13.9. The van der Waals surface area contributed by atoms with E-state index in [0.29, 0.717) is 0 Å². The van der Waals surface area contributed by atoms with Crippen LogP contribution in [0.1, 0.15) is 16.5 Å². The lowest BCUT2D eigenvalue weighted by atomic mass is 10.1. The van der Waals surface area contributed by atoms with Crippen LogP contribution in [0.5, 0.6) is 5.75 Å². The summed E-state index contributed by atoms with van der Waals surface area (Å²) in [7, 11) is 1.66. The number of hydrogen-bond acceptors (Lipinski definition) is 4. The van der Waals surface area contributed by atoms with Crippen LogP contribution >= 0.6 is 11.8 Å². The number of nitrogens with two attached hydrogens (primary N) is 1. The van der Waals surface area contributed by atoms with Crippen molar-refractivity contribution in [3.8, 4) is 5.75 Å². The van der Waals surface area contributed by atoms with Gasteiger partial charge in [-0.05, 0) is 29.8 Å². The topological polar surface area (TPSA) is 47.3 Å². The van der Waals surface area contributed by atoms with Crippen LogP contribution in [0.2, 0.25) is 0 Å². The molecule has 0 fully saturated rings. The maximum atomic E-state index is 6.16. The third-order valence-corrected chi connectivity index (χ3v) is 4.33. The summed E-state index contributed by atoms with van der Waals surface area (Å²) < 4.78 is 5.18. The lowest BCUT2D eigenvalue weighted by Gasteiger charge is -2.13. The van der Waals surface area contributed by atoms with Gasteiger partial charge in [0.15, 0.2) is 0 Å². The standard InChI is InChI=1S/C16H16N2OS/c1-19-13-9-7-11(8-10-13)14-15(17)20-16(18-14)12-5-3-2-4-6-12/h2-10,16,18H,17H2,1H3. The lowest BCUT2D eigenvalue weighted by Crippen LogP contribution is -2.12. The Bertz CT molecular complexity index is 623. The molecule has 0 saturated heterocycles. The van der Waals surface area contributed by atoms with E-state index < -0.39 is 0 Å². The van der Waals surface area contributed by atoms with Gasteiger partial charge in [-0.15, -0.1) is 0 Å². The van der Waals surface area contributed by atoms with Crippen LogP contribution in [-0.4, -0.2) is 7.11 Å². The molecule has 1 atom stereocenters. The van der Waals surface area contributed by atoms with Gasteiger partial charge >= 0.3 is 0 Å². The van der Waals surface area contributed by atoms with Crippen molar-refractivity contribution in [3.63, 3.8) is 0 Å². The number of nitrogens with one attached hydrogen (secondary N) is 1. The highest BCUT2D eigenvalue weighted by molar-refractivity contribution is 8.03. The Morgan fingerprint density at radius 3 is 2.40 bits per heavy atom. The molecular formula is C16H16N2OS. The second-order valence-electron chi connectivity index (χ2n) is 4.52. The average molecular weight is 284 g/mol. The van der Waals surface area contributed by atoms with E-state index in [1.54, 1.807) is 18.9 Å². The molecule has 1 aliphatic heterocycles. The van der Waals surface area contributed by atoms with E-state index in [1.165, 1.54) is 5.56 Å². The van der Waals surface area contributed by atoms with Crippen molar-refractivity contribution >= 4 is 17.5 Å². The smallest absolute Gasteiger partial charge is 0.118 e. The van der Waals surface area contributed by atoms with Crippen molar-refractivity contribution in [2.75, 3.05) is 7.11 Å². The Labute approximate surface area is 122 Å². The van der Waals surface area contributed by atoms with Crippen molar-refractivity contribution < 1.29 is 4.74 Å². The number of benzene rings is 2. The molecule has 3 nitrogen and oxygen atoms in total. The van der Waals surface area contributed by atoms with Crippen LogP contribution in [0, 0.1) is 0 Å². The van der Waals surface area contributed by atoms with Crippen LogP contribution in [0.3, 0.4) is 0 Å². The maximum Gasteiger partial charge on any atom is 0.118 e. The molecule has 3 rings (SSSR count). The van der Waals surface area contributed by atoms with E-state index in [1.807, 2.05) is 42.5 Å². The fraction of sp³-hybridized carbons (Fsp3) is 0.125. The minimum atomic E-state index is 0.174. The average Bonchev–Trinajstić information content (AvgIpc) is 2.90. The first-order valence-electron chi connectivity index (χ1n) is 6.40. The summed E-state index contributed by atoms with van der Waals surface area (Å²) in [4.78, 5) is 0. The van der Waals surface area contributed by atoms with Crippen molar-refractivity contribution in [2.24, 2.45) is 5.73 Å². The molecule has 102 valence electrons. The highest BCUT2D eigenvalue weighted by atomic mass is 32.2. The minimum Gasteiger partial charge on any atom is -0.497 e. The number of methoxy groups -OCH3 is 1. The molecule has 0 bridgehead atoms. The molecule has 1 heterocycles. The van der Waals surface area contributed by atoms with Gasteiger partial charge in [0.05, 0.1) is 17.8 Å². The number of thioether (sulfide) groups is 1. The SMILES string of the molecule is COc1ccc(C2=C(N)SC(c3ccccc3)N2)cc1. The first kappa shape index (κ1) is 12.9. The van der Waals surface area contributed by atoms with E-state index in [-0.39, 0.29) is 5.37 Å². The van der Waals surface area contributed by atoms with Gasteiger partial charge in [0.1, 0.15) is 11.1 Å². The van der Waals surface area contributed by atoms with Gasteiger partial charge in [0.25, 0.3) is 0 Å². The fourth-order valence-corrected chi connectivity index (χ4v) is 3.20. The first-order chi connectivity index (χ1) is 9.78. The van der Waals surface area contributed by atoms with E-state index >= 15 is 0 Å². The molecule has 0 amide bonds. The molecule has 0 saturated carbocycles. The first-order valence-corrected chi connectivity index (χ1v) is 7.28. The Morgan fingerprint density at radius 2 is 1.75 bits per heavy atom. The van der Waals surface area contributed by atoms with Gasteiger partial charge in [0.2, 0.25) is 0 Å². The normalized spacial score (nSPS) is 17.9. The van der Waals surface area contributed by atoms with Crippen LogP contribution < -0.4 is 15.8 Å². The van der Waals surface area contributed by atoms with Crippen molar-refractivity contribution in [3.05, 3.63) is 70.8 Å². The monoisotopic (exact) mass is 284 g/mol. The van der Waals surface area contributed by atoms with E-state index in [2.05, 4.69) is 17.4 Å². The maximum absolute atomic E-state index is 6.16. The molecule has 0 spiro atoms. The van der Waals surface area contributed by atoms with Crippen LogP contribution in [-0.2, 0) is 0 Å². The van der Waals surface area contributed by atoms with E-state index in [9.17, 15) is 0 Å². The summed E-state index contributed by atoms with van der Waals surface area (Å²) in [5, 5.41) is 4.49. The fourth-order valence-electron chi connectivity index (χ4n) is 2.18. The zero-order valence-corrected chi connectivity index (χ0v) is 12.0. The largest absolute Gasteiger partial charge is 0.497 e. The predicted octanol–water partition coefficient (Wildman–Crippen LogP) is 3.32. The summed E-state index contributed by atoms with van der Waals surface area (Å²) in [5.41, 5.74) is 9.45. The third kappa shape index (κ3) is 2.47. The minimum absolute atomic E-state index is 0.174. The van der Waals surface area contributed by atoms with E-state index in [0.717, 1.165) is 22.0 Å². The summed E-state index contributed by atoms with van der Waals surface area (Å²) in [6.45, 7) is 0. The highest BCUT2D eigenvalue weighted by Crippen LogP contribution is 2.40. The quantitative estimate of drug-likeness (QED) is 0.907. The van der Waals surface area contributed by atoms with E-state index in [4.69, 9.17) is 10.5 Å². The number of rotatable bonds is 3. The molecular weight excluding hydrogens is 268 g/mol. The van der Waals surface area contributed by atoms with Gasteiger partial charge in [0, 0.05) is 5.56 Å². The van der Waals surface area contributed by atoms with Gasteiger partial charge in [-0.1, -0.05) is 42.1 Å². The second-order valence-corrected chi connectivity index (χ2v) is 5.67.